The van der Waals surface area contributed by atoms with Gasteiger partial charge in [0.15, 0.2) is 5.16 Å². The number of ether oxygens (including phenoxy) is 1. The Morgan fingerprint density at radius 2 is 1.96 bits per heavy atom. The zero-order valence-electron chi connectivity index (χ0n) is 15.1. The highest BCUT2D eigenvalue weighted by Gasteiger charge is 2.13. The molecule has 5 nitrogen and oxygen atoms in total. The summed E-state index contributed by atoms with van der Waals surface area (Å²) in [5, 5.41) is 3.84. The van der Waals surface area contributed by atoms with E-state index in [2.05, 4.69) is 21.8 Å². The number of carbonyl (C=O) groups excluding carboxylic acids is 1. The van der Waals surface area contributed by atoms with Crippen LogP contribution in [0.3, 0.4) is 0 Å². The number of benzene rings is 2. The van der Waals surface area contributed by atoms with Crippen LogP contribution in [0, 0.1) is 0 Å². The minimum Gasteiger partial charge on any atom is -0.383 e. The third-order valence-corrected chi connectivity index (χ3v) is 5.12. The summed E-state index contributed by atoms with van der Waals surface area (Å²) in [5.41, 5.74) is 4.01. The molecule has 0 atom stereocenters. The van der Waals surface area contributed by atoms with Crippen molar-refractivity contribution in [2.24, 2.45) is 0 Å². The van der Waals surface area contributed by atoms with Gasteiger partial charge in [0.25, 0.3) is 0 Å². The van der Waals surface area contributed by atoms with Crippen molar-refractivity contribution < 1.29 is 9.53 Å². The number of aromatic nitrogens is 2. The first-order chi connectivity index (χ1) is 12.7. The fraction of sp³-hybridized carbons (Fsp3) is 0.300. The molecular formula is C20H23N3O2S. The van der Waals surface area contributed by atoms with Crippen LogP contribution in [0.2, 0.25) is 0 Å². The molecule has 136 valence electrons. The Morgan fingerprint density at radius 3 is 2.77 bits per heavy atom. The molecule has 0 unspecified atom stereocenters. The van der Waals surface area contributed by atoms with E-state index < -0.39 is 0 Å². The minimum absolute atomic E-state index is 0.0266. The summed E-state index contributed by atoms with van der Waals surface area (Å²) in [6.07, 6.45) is 0.885. The number of nitrogens with one attached hydrogen (secondary N) is 1. The van der Waals surface area contributed by atoms with E-state index in [1.54, 1.807) is 7.11 Å². The average molecular weight is 369 g/mol. The average Bonchev–Trinajstić information content (AvgIpc) is 3.02. The quantitative estimate of drug-likeness (QED) is 0.610. The smallest absolute Gasteiger partial charge is 0.234 e. The van der Waals surface area contributed by atoms with Gasteiger partial charge < -0.3 is 14.6 Å². The molecule has 0 radical (unpaired) electrons. The molecule has 3 aromatic rings. The molecule has 0 aliphatic rings. The van der Waals surface area contributed by atoms with Gasteiger partial charge in [0, 0.05) is 19.3 Å². The summed E-state index contributed by atoms with van der Waals surface area (Å²) in [6.45, 7) is 3.39. The van der Waals surface area contributed by atoms with E-state index in [1.807, 2.05) is 48.5 Å². The van der Waals surface area contributed by atoms with E-state index >= 15 is 0 Å². The molecule has 0 spiro atoms. The van der Waals surface area contributed by atoms with Crippen molar-refractivity contribution in [2.45, 2.75) is 25.0 Å². The molecule has 0 fully saturated rings. The van der Waals surface area contributed by atoms with Crippen molar-refractivity contribution in [3.63, 3.8) is 0 Å². The van der Waals surface area contributed by atoms with Crippen molar-refractivity contribution in [1.29, 1.82) is 0 Å². The minimum atomic E-state index is -0.0266. The molecule has 0 aliphatic heterocycles. The molecule has 0 aliphatic carbocycles. The fourth-order valence-corrected chi connectivity index (χ4v) is 3.67. The molecule has 1 amide bonds. The normalized spacial score (nSPS) is 11.0. The van der Waals surface area contributed by atoms with Crippen LogP contribution >= 0.6 is 11.8 Å². The molecule has 0 saturated carbocycles. The summed E-state index contributed by atoms with van der Waals surface area (Å²) in [6, 6.07) is 15.9. The molecule has 1 N–H and O–H groups in total. The second-order valence-corrected chi connectivity index (χ2v) is 6.82. The van der Waals surface area contributed by atoms with Crippen LogP contribution in [0.5, 0.6) is 0 Å². The lowest BCUT2D eigenvalue weighted by Gasteiger charge is -2.10. The molecular weight excluding hydrogens is 346 g/mol. The first kappa shape index (κ1) is 18.5. The molecule has 2 aromatic carbocycles. The van der Waals surface area contributed by atoms with Crippen LogP contribution in [0.1, 0.15) is 12.5 Å². The predicted molar refractivity (Wildman–Crippen MR) is 107 cm³/mol. The lowest BCUT2D eigenvalue weighted by atomic mass is 10.1. The van der Waals surface area contributed by atoms with Crippen molar-refractivity contribution in [3.8, 4) is 0 Å². The van der Waals surface area contributed by atoms with Crippen molar-refractivity contribution in [1.82, 2.24) is 9.55 Å². The summed E-state index contributed by atoms with van der Waals surface area (Å²) >= 11 is 1.45. The largest absolute Gasteiger partial charge is 0.383 e. The van der Waals surface area contributed by atoms with Gasteiger partial charge in [0.2, 0.25) is 5.91 Å². The molecule has 0 saturated heterocycles. The van der Waals surface area contributed by atoms with Crippen LogP contribution in [-0.2, 0) is 22.5 Å². The number of thioether (sulfide) groups is 1. The summed E-state index contributed by atoms with van der Waals surface area (Å²) < 4.78 is 7.32. The summed E-state index contributed by atoms with van der Waals surface area (Å²) in [7, 11) is 1.69. The maximum Gasteiger partial charge on any atom is 0.234 e. The summed E-state index contributed by atoms with van der Waals surface area (Å²) in [5.74, 6) is 0.287. The number of anilines is 1. The van der Waals surface area contributed by atoms with E-state index in [0.717, 1.165) is 33.9 Å². The number of aryl methyl sites for hydroxylation is 1. The van der Waals surface area contributed by atoms with Gasteiger partial charge in [-0.2, -0.15) is 0 Å². The third-order valence-electron chi connectivity index (χ3n) is 4.14. The number of hydrogen-bond donors (Lipinski definition) is 1. The number of nitrogens with zero attached hydrogens (tertiary/aromatic N) is 2. The van der Waals surface area contributed by atoms with Crippen LogP contribution < -0.4 is 5.32 Å². The molecule has 1 heterocycles. The Labute approximate surface area is 157 Å². The molecule has 6 heteroatoms. The number of imidazole rings is 1. The first-order valence-electron chi connectivity index (χ1n) is 8.67. The highest BCUT2D eigenvalue weighted by Crippen LogP contribution is 2.24. The van der Waals surface area contributed by atoms with Gasteiger partial charge in [-0.15, -0.1) is 0 Å². The Balaban J connectivity index is 1.71. The molecule has 3 rings (SSSR count). The lowest BCUT2D eigenvalue weighted by molar-refractivity contribution is -0.113. The molecule has 26 heavy (non-hydrogen) atoms. The molecule has 0 bridgehead atoms. The van der Waals surface area contributed by atoms with E-state index in [9.17, 15) is 4.79 Å². The van der Waals surface area contributed by atoms with Crippen LogP contribution in [-0.4, -0.2) is 34.9 Å². The highest BCUT2D eigenvalue weighted by atomic mass is 32.2. The van der Waals surface area contributed by atoms with Gasteiger partial charge in [-0.1, -0.05) is 49.0 Å². The van der Waals surface area contributed by atoms with Gasteiger partial charge in [-0.25, -0.2) is 4.98 Å². The number of rotatable bonds is 8. The Bertz CT molecular complexity index is 892. The van der Waals surface area contributed by atoms with Gasteiger partial charge in [-0.05, 0) is 30.2 Å². The number of para-hydroxylation sites is 3. The fourth-order valence-electron chi connectivity index (χ4n) is 2.83. The topological polar surface area (TPSA) is 56.2 Å². The maximum atomic E-state index is 12.4. The lowest BCUT2D eigenvalue weighted by Crippen LogP contribution is -2.16. The zero-order valence-corrected chi connectivity index (χ0v) is 15.9. The molecule has 1 aromatic heterocycles. The second kappa shape index (κ2) is 8.87. The monoisotopic (exact) mass is 369 g/mol. The van der Waals surface area contributed by atoms with Gasteiger partial charge in [-0.3, -0.25) is 4.79 Å². The summed E-state index contributed by atoms with van der Waals surface area (Å²) in [4.78, 5) is 17.1. The van der Waals surface area contributed by atoms with Crippen molar-refractivity contribution >= 4 is 34.4 Å². The van der Waals surface area contributed by atoms with Gasteiger partial charge in [0.05, 0.1) is 23.4 Å². The number of amides is 1. The van der Waals surface area contributed by atoms with Crippen LogP contribution in [0.15, 0.2) is 53.7 Å². The predicted octanol–water partition coefficient (Wildman–Crippen LogP) is 3.98. The number of hydrogen-bond acceptors (Lipinski definition) is 4. The zero-order chi connectivity index (χ0) is 18.4. The first-order valence-corrected chi connectivity index (χ1v) is 9.66. The Hall–Kier alpha value is -2.31. The van der Waals surface area contributed by atoms with E-state index in [0.29, 0.717) is 18.9 Å². The second-order valence-electron chi connectivity index (χ2n) is 5.88. The van der Waals surface area contributed by atoms with Crippen molar-refractivity contribution in [2.75, 3.05) is 24.8 Å². The number of methoxy groups -OCH3 is 1. The Kier molecular flexibility index (Phi) is 6.30. The Morgan fingerprint density at radius 1 is 1.19 bits per heavy atom. The highest BCUT2D eigenvalue weighted by molar-refractivity contribution is 7.99. The van der Waals surface area contributed by atoms with Gasteiger partial charge in [0.1, 0.15) is 0 Å². The third kappa shape index (κ3) is 4.26. The maximum absolute atomic E-state index is 12.4. The standard InChI is InChI=1S/C20H23N3O2S/c1-3-15-8-4-5-9-16(15)21-19(24)14-26-20-22-17-10-6-7-11-18(17)23(20)12-13-25-2/h4-11H,3,12-14H2,1-2H3,(H,21,24). The van der Waals surface area contributed by atoms with E-state index in [4.69, 9.17) is 4.74 Å². The van der Waals surface area contributed by atoms with E-state index in [-0.39, 0.29) is 5.91 Å². The van der Waals surface area contributed by atoms with Gasteiger partial charge >= 0.3 is 0 Å². The van der Waals surface area contributed by atoms with Crippen LogP contribution in [0.4, 0.5) is 5.69 Å². The number of carbonyl (C=O) groups is 1. The van der Waals surface area contributed by atoms with E-state index in [1.165, 1.54) is 11.8 Å². The number of fused-ring (bicyclic) bond motifs is 1. The SMILES string of the molecule is CCc1ccccc1NC(=O)CSc1nc2ccccc2n1CCOC. The van der Waals surface area contributed by atoms with Crippen molar-refractivity contribution in [3.05, 3.63) is 54.1 Å². The van der Waals surface area contributed by atoms with Crippen LogP contribution in [0.25, 0.3) is 11.0 Å².